The number of benzene rings is 2. The largest absolute Gasteiger partial charge is 0.493 e. The molecule has 0 bridgehead atoms. The number of methoxy groups -OCH3 is 1. The highest BCUT2D eigenvalue weighted by Gasteiger charge is 2.31. The first kappa shape index (κ1) is 27.2. The van der Waals surface area contributed by atoms with Crippen LogP contribution < -0.4 is 31.0 Å². The van der Waals surface area contributed by atoms with Gasteiger partial charge in [0.25, 0.3) is 0 Å². The van der Waals surface area contributed by atoms with Crippen molar-refractivity contribution in [3.8, 4) is 23.1 Å². The minimum absolute atomic E-state index is 0.00880. The van der Waals surface area contributed by atoms with Gasteiger partial charge in [-0.1, -0.05) is 0 Å². The van der Waals surface area contributed by atoms with Gasteiger partial charge in [0.1, 0.15) is 17.4 Å². The summed E-state index contributed by atoms with van der Waals surface area (Å²) in [7, 11) is 1.42. The highest BCUT2D eigenvalue weighted by atomic mass is 19.1. The normalized spacial score (nSPS) is 13.2. The van der Waals surface area contributed by atoms with E-state index in [0.717, 1.165) is 4.68 Å². The second kappa shape index (κ2) is 11.4. The Bertz CT molecular complexity index is 1640. The van der Waals surface area contributed by atoms with Crippen LogP contribution in [0.1, 0.15) is 46.7 Å². The van der Waals surface area contributed by atoms with Crippen molar-refractivity contribution in [2.75, 3.05) is 32.2 Å². The monoisotopic (exact) mass is 566 g/mol. The number of aromatic nitrogens is 5. The van der Waals surface area contributed by atoms with Gasteiger partial charge in [-0.25, -0.2) is 14.0 Å². The third kappa shape index (κ3) is 5.28. The van der Waals surface area contributed by atoms with Gasteiger partial charge in [-0.2, -0.15) is 9.78 Å². The van der Waals surface area contributed by atoms with E-state index in [9.17, 15) is 9.59 Å². The van der Waals surface area contributed by atoms with Crippen LogP contribution in [0, 0.1) is 11.2 Å². The second-order valence-electron chi connectivity index (χ2n) is 8.84. The van der Waals surface area contributed by atoms with Crippen LogP contribution in [-0.2, 0) is 4.74 Å². The number of esters is 1. The highest BCUT2D eigenvalue weighted by Crippen LogP contribution is 2.45. The maximum atomic E-state index is 16.1. The van der Waals surface area contributed by atoms with Crippen molar-refractivity contribution >= 4 is 17.5 Å². The summed E-state index contributed by atoms with van der Waals surface area (Å²) in [5.41, 5.74) is 5.84. The molecule has 4 aromatic rings. The number of nitrogens with zero attached hydrogens (tertiary/aromatic N) is 3. The standard InChI is InChI=1S/C26H27FN8O6/c1-3-39-25(36)16-12-30-33-24(16)35-26(37)32-23(34-35)19(31-14-7-5-13(6-8-14)22(28)29)15-11-17(38-2)20-21(18(15)27)41-10-4-9-40-20/h5-8,11-12,19,31H,3-4,9-10H2,1-2H3,(H3,28,29)(H,30,33)(H,32,34,37). The fourth-order valence-electron chi connectivity index (χ4n) is 4.27. The Morgan fingerprint density at radius 2 is 2.00 bits per heavy atom. The molecular formula is C26H27FN8O6. The lowest BCUT2D eigenvalue weighted by Gasteiger charge is -2.22. The Balaban J connectivity index is 1.64. The number of hydrogen-bond acceptors (Lipinski definition) is 10. The zero-order valence-electron chi connectivity index (χ0n) is 22.1. The summed E-state index contributed by atoms with van der Waals surface area (Å²) >= 11 is 0. The summed E-state index contributed by atoms with van der Waals surface area (Å²) in [6, 6.07) is 6.85. The van der Waals surface area contributed by atoms with Crippen LogP contribution in [0.5, 0.6) is 17.2 Å². The van der Waals surface area contributed by atoms with Crippen molar-refractivity contribution in [1.82, 2.24) is 25.0 Å². The predicted molar refractivity (Wildman–Crippen MR) is 144 cm³/mol. The molecular weight excluding hydrogens is 539 g/mol. The summed E-state index contributed by atoms with van der Waals surface area (Å²) < 4.78 is 39.0. The fourth-order valence-corrected chi connectivity index (χ4v) is 4.27. The molecule has 0 aliphatic carbocycles. The van der Waals surface area contributed by atoms with E-state index in [1.165, 1.54) is 19.4 Å². The molecule has 0 amide bonds. The molecule has 1 unspecified atom stereocenters. The molecule has 41 heavy (non-hydrogen) atoms. The van der Waals surface area contributed by atoms with Crippen LogP contribution in [0.3, 0.4) is 0 Å². The zero-order valence-corrected chi connectivity index (χ0v) is 22.1. The van der Waals surface area contributed by atoms with Crippen LogP contribution >= 0.6 is 0 Å². The minimum Gasteiger partial charge on any atom is -0.493 e. The summed E-state index contributed by atoms with van der Waals surface area (Å²) in [4.78, 5) is 28.1. The average Bonchev–Trinajstić information content (AvgIpc) is 3.51. The lowest BCUT2D eigenvalue weighted by molar-refractivity contribution is 0.0526. The van der Waals surface area contributed by atoms with Crippen LogP contribution in [0.4, 0.5) is 10.1 Å². The molecule has 1 atom stereocenters. The van der Waals surface area contributed by atoms with E-state index >= 15 is 4.39 Å². The Morgan fingerprint density at radius 3 is 2.68 bits per heavy atom. The van der Waals surface area contributed by atoms with E-state index in [0.29, 0.717) is 24.3 Å². The number of fused-ring (bicyclic) bond motifs is 1. The minimum atomic E-state index is -1.10. The van der Waals surface area contributed by atoms with Gasteiger partial charge in [-0.15, -0.1) is 5.10 Å². The molecule has 5 rings (SSSR count). The molecule has 0 fully saturated rings. The van der Waals surface area contributed by atoms with E-state index in [2.05, 4.69) is 25.6 Å². The third-order valence-corrected chi connectivity index (χ3v) is 6.22. The molecule has 2 aromatic heterocycles. The zero-order chi connectivity index (χ0) is 29.1. The molecule has 3 heterocycles. The molecule has 1 aliphatic rings. The first-order valence-corrected chi connectivity index (χ1v) is 12.6. The topological polar surface area (TPSA) is 195 Å². The van der Waals surface area contributed by atoms with Crippen molar-refractivity contribution < 1.29 is 28.1 Å². The van der Waals surface area contributed by atoms with Crippen LogP contribution in [-0.4, -0.2) is 63.7 Å². The first-order valence-electron chi connectivity index (χ1n) is 12.6. The number of rotatable bonds is 9. The van der Waals surface area contributed by atoms with Gasteiger partial charge in [0.15, 0.2) is 23.2 Å². The van der Waals surface area contributed by atoms with Crippen molar-refractivity contribution in [1.29, 1.82) is 5.41 Å². The second-order valence-corrected chi connectivity index (χ2v) is 8.84. The number of nitrogens with two attached hydrogens (primary N) is 1. The lowest BCUT2D eigenvalue weighted by atomic mass is 10.0. The number of ether oxygens (including phenoxy) is 4. The number of hydrogen-bond donors (Lipinski definition) is 5. The number of amidine groups is 1. The van der Waals surface area contributed by atoms with Crippen molar-refractivity contribution in [3.63, 3.8) is 0 Å². The summed E-state index contributed by atoms with van der Waals surface area (Å²) in [6.07, 6.45) is 1.76. The molecule has 0 spiro atoms. The number of halogens is 1. The number of carbonyl (C=O) groups is 1. The van der Waals surface area contributed by atoms with E-state index in [-0.39, 0.29) is 59.1 Å². The van der Waals surface area contributed by atoms with Crippen molar-refractivity contribution in [3.05, 3.63) is 75.3 Å². The van der Waals surface area contributed by atoms with Gasteiger partial charge in [0.2, 0.25) is 11.5 Å². The van der Waals surface area contributed by atoms with Crippen molar-refractivity contribution in [2.45, 2.75) is 19.4 Å². The van der Waals surface area contributed by atoms with E-state index in [1.54, 1.807) is 31.2 Å². The number of nitrogen functional groups attached to an aromatic ring is 1. The van der Waals surface area contributed by atoms with Gasteiger partial charge in [0.05, 0.1) is 33.1 Å². The van der Waals surface area contributed by atoms with Crippen LogP contribution in [0.15, 0.2) is 41.3 Å². The molecule has 6 N–H and O–H groups in total. The SMILES string of the molecule is CCOC(=O)c1cn[nH]c1-n1nc(C(Nc2ccc(C(=N)N)cc2)c2cc(OC)c3c(c2F)OCCCO3)[nH]c1=O. The average molecular weight is 567 g/mol. The van der Waals surface area contributed by atoms with Gasteiger partial charge < -0.3 is 30.0 Å². The van der Waals surface area contributed by atoms with Gasteiger partial charge in [-0.3, -0.25) is 15.5 Å². The Kier molecular flexibility index (Phi) is 7.58. The number of aromatic amines is 2. The summed E-state index contributed by atoms with van der Waals surface area (Å²) in [6.45, 7) is 2.30. The Hall–Kier alpha value is -5.34. The molecule has 14 nitrogen and oxygen atoms in total. The molecule has 15 heteroatoms. The van der Waals surface area contributed by atoms with Crippen LogP contribution in [0.25, 0.3) is 5.82 Å². The Morgan fingerprint density at radius 1 is 1.27 bits per heavy atom. The quantitative estimate of drug-likeness (QED) is 0.114. The number of anilines is 1. The Labute approximate surface area is 232 Å². The van der Waals surface area contributed by atoms with E-state index in [1.807, 2.05) is 0 Å². The molecule has 1 aliphatic heterocycles. The summed E-state index contributed by atoms with van der Waals surface area (Å²) in [5.74, 6) is -1.38. The maximum Gasteiger partial charge on any atom is 0.349 e. The van der Waals surface area contributed by atoms with Crippen molar-refractivity contribution in [2.24, 2.45) is 5.73 Å². The predicted octanol–water partition coefficient (Wildman–Crippen LogP) is 2.25. The fraction of sp³-hybridized carbons (Fsp3) is 0.269. The molecule has 0 radical (unpaired) electrons. The highest BCUT2D eigenvalue weighted by molar-refractivity contribution is 5.95. The molecule has 214 valence electrons. The maximum absolute atomic E-state index is 16.1. The number of nitrogens with one attached hydrogen (secondary N) is 4. The molecule has 0 saturated carbocycles. The molecule has 2 aromatic carbocycles. The number of H-pyrrole nitrogens is 2. The van der Waals surface area contributed by atoms with Gasteiger partial charge >= 0.3 is 11.7 Å². The lowest BCUT2D eigenvalue weighted by Crippen LogP contribution is -2.19. The van der Waals surface area contributed by atoms with E-state index in [4.69, 9.17) is 30.1 Å². The summed E-state index contributed by atoms with van der Waals surface area (Å²) in [5, 5.41) is 21.6. The van der Waals surface area contributed by atoms with Gasteiger partial charge in [-0.05, 0) is 37.3 Å². The smallest absolute Gasteiger partial charge is 0.349 e. The first-order chi connectivity index (χ1) is 19.8. The van der Waals surface area contributed by atoms with Crippen LogP contribution in [0.2, 0.25) is 0 Å². The third-order valence-electron chi connectivity index (χ3n) is 6.22. The number of carbonyl (C=O) groups excluding carboxylic acids is 1. The van der Waals surface area contributed by atoms with E-state index < -0.39 is 23.5 Å². The molecule has 0 saturated heterocycles. The van der Waals surface area contributed by atoms with Gasteiger partial charge in [0, 0.05) is 23.2 Å².